The molecule has 2 fully saturated rings. The highest BCUT2D eigenvalue weighted by molar-refractivity contribution is 5.99. The van der Waals surface area contributed by atoms with Crippen LogP contribution in [-0.4, -0.2) is 120 Å². The quantitative estimate of drug-likeness (QED) is 0.703. The van der Waals surface area contributed by atoms with E-state index in [2.05, 4.69) is 23.9 Å². The summed E-state index contributed by atoms with van der Waals surface area (Å²) >= 11 is 0. The summed E-state index contributed by atoms with van der Waals surface area (Å²) in [4.78, 5) is 41.0. The zero-order chi connectivity index (χ0) is 22.8. The van der Waals surface area contributed by atoms with Gasteiger partial charge in [-0.15, -0.1) is 0 Å². The summed E-state index contributed by atoms with van der Waals surface area (Å²) in [5.74, 6) is 0.761. The van der Waals surface area contributed by atoms with E-state index in [1.807, 2.05) is 38.6 Å². The Bertz CT molecular complexity index is 962. The van der Waals surface area contributed by atoms with Crippen LogP contribution in [0.15, 0.2) is 24.4 Å². The van der Waals surface area contributed by atoms with Crippen molar-refractivity contribution >= 4 is 17.5 Å². The smallest absolute Gasteiger partial charge is 0.320 e. The van der Waals surface area contributed by atoms with Gasteiger partial charge in [0.25, 0.3) is 5.91 Å². The van der Waals surface area contributed by atoms with Gasteiger partial charge in [-0.05, 0) is 39.1 Å². The third-order valence-corrected chi connectivity index (χ3v) is 6.48. The minimum Gasteiger partial charge on any atom is -0.335 e. The second-order valence-electron chi connectivity index (χ2n) is 9.24. The van der Waals surface area contributed by atoms with Gasteiger partial charge >= 0.3 is 6.03 Å². The maximum absolute atomic E-state index is 13.5. The molecule has 0 bridgehead atoms. The van der Waals surface area contributed by atoms with E-state index < -0.39 is 0 Å². The number of pyridine rings is 1. The van der Waals surface area contributed by atoms with Crippen molar-refractivity contribution in [2.75, 3.05) is 74.0 Å². The van der Waals surface area contributed by atoms with Gasteiger partial charge in [0.15, 0.2) is 5.69 Å². The largest absolute Gasteiger partial charge is 0.335 e. The van der Waals surface area contributed by atoms with Crippen LogP contribution < -0.4 is 0 Å². The molecule has 0 N–H and O–H groups in total. The van der Waals surface area contributed by atoms with Crippen LogP contribution >= 0.6 is 0 Å². The zero-order valence-corrected chi connectivity index (χ0v) is 19.7. The molecule has 0 spiro atoms. The number of rotatable bonds is 5. The number of carbonyl (C=O) groups excluding carboxylic acids is 2. The van der Waals surface area contributed by atoms with Crippen LogP contribution in [0, 0.1) is 0 Å². The van der Waals surface area contributed by atoms with Gasteiger partial charge < -0.3 is 24.0 Å². The molecule has 1 atom stereocenters. The van der Waals surface area contributed by atoms with Crippen molar-refractivity contribution in [3.05, 3.63) is 35.9 Å². The normalized spacial score (nSPS) is 19.8. The van der Waals surface area contributed by atoms with E-state index in [1.54, 1.807) is 19.0 Å². The van der Waals surface area contributed by atoms with Crippen molar-refractivity contribution in [1.29, 1.82) is 0 Å². The number of hydrogen-bond donors (Lipinski definition) is 0. The molecule has 9 heteroatoms. The van der Waals surface area contributed by atoms with Crippen molar-refractivity contribution in [3.8, 4) is 0 Å². The summed E-state index contributed by atoms with van der Waals surface area (Å²) < 4.78 is 1.99. The molecule has 0 saturated carbocycles. The molecule has 174 valence electrons. The maximum atomic E-state index is 13.5. The maximum Gasteiger partial charge on any atom is 0.320 e. The lowest BCUT2D eigenvalue weighted by atomic mass is 10.2. The Balaban J connectivity index is 1.56. The molecule has 2 aliphatic heterocycles. The third kappa shape index (κ3) is 4.45. The van der Waals surface area contributed by atoms with Crippen LogP contribution in [0.4, 0.5) is 4.79 Å². The summed E-state index contributed by atoms with van der Waals surface area (Å²) in [5.41, 5.74) is 1.30. The number of imidazole rings is 1. The number of fused-ring (bicyclic) bond motifs is 1. The Morgan fingerprint density at radius 1 is 1.06 bits per heavy atom. The van der Waals surface area contributed by atoms with Gasteiger partial charge in [-0.1, -0.05) is 6.07 Å². The van der Waals surface area contributed by atoms with Crippen LogP contribution in [0.2, 0.25) is 0 Å². The summed E-state index contributed by atoms with van der Waals surface area (Å²) in [6, 6.07) is 5.70. The molecule has 32 heavy (non-hydrogen) atoms. The lowest BCUT2D eigenvalue weighted by Gasteiger charge is -2.34. The molecule has 4 rings (SSSR count). The molecule has 2 saturated heterocycles. The minimum absolute atomic E-state index is 0.0121. The van der Waals surface area contributed by atoms with Crippen LogP contribution in [0.1, 0.15) is 35.2 Å². The molecule has 9 nitrogen and oxygen atoms in total. The molecular weight excluding hydrogens is 406 g/mol. The van der Waals surface area contributed by atoms with E-state index in [9.17, 15) is 9.59 Å². The molecule has 4 heterocycles. The highest BCUT2D eigenvalue weighted by atomic mass is 16.2. The van der Waals surface area contributed by atoms with E-state index in [-0.39, 0.29) is 18.0 Å². The fourth-order valence-electron chi connectivity index (χ4n) is 4.64. The first-order valence-electron chi connectivity index (χ1n) is 11.5. The second kappa shape index (κ2) is 9.46. The standard InChI is InChI=1S/C23H35N7O2/c1-25(2)12-13-27-14-16-28(17-15-27)22(31)20-18-8-5-6-10-29(18)21(24-20)19-9-7-11-30(19)23(32)26(3)4/h5-6,8,10,19H,7,9,11-17H2,1-4H3/t19-/m0/s1. The Morgan fingerprint density at radius 3 is 2.50 bits per heavy atom. The van der Waals surface area contributed by atoms with E-state index in [0.717, 1.165) is 50.4 Å². The number of likely N-dealkylation sites (tertiary alicyclic amines) is 1. The van der Waals surface area contributed by atoms with E-state index >= 15 is 0 Å². The predicted octanol–water partition coefficient (Wildman–Crippen LogP) is 1.47. The fraction of sp³-hybridized carbons (Fsp3) is 0.609. The number of aromatic nitrogens is 2. The summed E-state index contributed by atoms with van der Waals surface area (Å²) in [5, 5.41) is 0. The van der Waals surface area contributed by atoms with Crippen LogP contribution in [-0.2, 0) is 0 Å². The third-order valence-electron chi connectivity index (χ3n) is 6.48. The highest BCUT2D eigenvalue weighted by Crippen LogP contribution is 2.33. The number of likely N-dealkylation sites (N-methyl/N-ethyl adjacent to an activating group) is 1. The summed E-state index contributed by atoms with van der Waals surface area (Å²) in [6.45, 7) is 5.93. The topological polar surface area (TPSA) is 67.6 Å². The lowest BCUT2D eigenvalue weighted by molar-refractivity contribution is 0.0626. The Labute approximate surface area is 190 Å². The number of carbonyl (C=O) groups is 2. The van der Waals surface area contributed by atoms with Gasteiger partial charge in [-0.25, -0.2) is 9.78 Å². The van der Waals surface area contributed by atoms with E-state index in [4.69, 9.17) is 4.98 Å². The van der Waals surface area contributed by atoms with Gasteiger partial charge in [-0.2, -0.15) is 0 Å². The molecule has 0 unspecified atom stereocenters. The fourth-order valence-corrected chi connectivity index (χ4v) is 4.64. The molecule has 2 aromatic rings. The van der Waals surface area contributed by atoms with Crippen molar-refractivity contribution < 1.29 is 9.59 Å². The van der Waals surface area contributed by atoms with Crippen molar-refractivity contribution in [3.63, 3.8) is 0 Å². The first-order valence-corrected chi connectivity index (χ1v) is 11.5. The molecule has 3 amide bonds. The van der Waals surface area contributed by atoms with Crippen molar-refractivity contribution in [2.24, 2.45) is 0 Å². The van der Waals surface area contributed by atoms with Gasteiger partial charge in [0.1, 0.15) is 5.82 Å². The predicted molar refractivity (Wildman–Crippen MR) is 124 cm³/mol. The van der Waals surface area contributed by atoms with Crippen LogP contribution in [0.25, 0.3) is 5.52 Å². The second-order valence-corrected chi connectivity index (χ2v) is 9.24. The number of urea groups is 1. The number of nitrogens with zero attached hydrogens (tertiary/aromatic N) is 7. The number of hydrogen-bond acceptors (Lipinski definition) is 5. The molecule has 0 aromatic carbocycles. The number of amides is 3. The van der Waals surface area contributed by atoms with Gasteiger partial charge in [0.05, 0.1) is 11.6 Å². The van der Waals surface area contributed by atoms with E-state index in [0.29, 0.717) is 25.3 Å². The van der Waals surface area contributed by atoms with Gasteiger partial charge in [0, 0.05) is 66.1 Å². The average Bonchev–Trinajstić information content (AvgIpc) is 3.41. The minimum atomic E-state index is -0.121. The SMILES string of the molecule is CN(C)CCN1CCN(C(=O)c2nc([C@@H]3CCCN3C(=O)N(C)C)n3ccccc23)CC1. The Hall–Kier alpha value is -2.65. The molecule has 2 aliphatic rings. The average molecular weight is 442 g/mol. The Kier molecular flexibility index (Phi) is 6.66. The zero-order valence-electron chi connectivity index (χ0n) is 19.7. The molecule has 0 aliphatic carbocycles. The molecule has 2 aromatic heterocycles. The van der Waals surface area contributed by atoms with E-state index in [1.165, 1.54) is 0 Å². The summed E-state index contributed by atoms with van der Waals surface area (Å²) in [7, 11) is 7.71. The number of piperazine rings is 1. The van der Waals surface area contributed by atoms with Crippen LogP contribution in [0.5, 0.6) is 0 Å². The van der Waals surface area contributed by atoms with Gasteiger partial charge in [-0.3, -0.25) is 9.69 Å². The highest BCUT2D eigenvalue weighted by Gasteiger charge is 2.35. The monoisotopic (exact) mass is 441 g/mol. The summed E-state index contributed by atoms with van der Waals surface area (Å²) in [6.07, 6.45) is 3.74. The molecular formula is C23H35N7O2. The van der Waals surface area contributed by atoms with Gasteiger partial charge in [0.2, 0.25) is 0 Å². The van der Waals surface area contributed by atoms with Crippen LogP contribution in [0.3, 0.4) is 0 Å². The molecule has 0 radical (unpaired) electrons. The van der Waals surface area contributed by atoms with Crippen molar-refractivity contribution in [2.45, 2.75) is 18.9 Å². The first-order chi connectivity index (χ1) is 15.4. The first kappa shape index (κ1) is 22.5. The van der Waals surface area contributed by atoms with Crippen molar-refractivity contribution in [1.82, 2.24) is 33.9 Å². The lowest BCUT2D eigenvalue weighted by Crippen LogP contribution is -2.50. The Morgan fingerprint density at radius 2 is 1.81 bits per heavy atom.